The zero-order valence-electron chi connectivity index (χ0n) is 20.5. The van der Waals surface area contributed by atoms with E-state index >= 15 is 0 Å². The van der Waals surface area contributed by atoms with Gasteiger partial charge < -0.3 is 10.2 Å². The molecule has 0 heterocycles. The third-order valence-electron chi connectivity index (χ3n) is 8.91. The minimum absolute atomic E-state index is 0.349. The fourth-order valence-corrected chi connectivity index (χ4v) is 8.82. The molecule has 7 atom stereocenters. The molecule has 0 spiro atoms. The number of hydrogen-bond donors (Lipinski definition) is 3. The first-order valence-corrected chi connectivity index (χ1v) is 14.8. The standard InChI is InChI=1S/C29H43NO2S/c1-21(15-17-33(3,30)26-9-5-4-6-10-26)27-13-14-28-23(8-7-16-29(27,28)2)12-11-22-18-24(31)20-25(32)19-22/h4-6,9-12,21,24-25,27-28,30-32H,3,7-8,13-20H2,1-2H3/b23-12+/t21-,24-,25-,27-,28+,29-,33?/m1/s1. The van der Waals surface area contributed by atoms with Crippen LogP contribution in [0.15, 0.2) is 58.5 Å². The SMILES string of the molecule is C=S(=N)(CC[C@@H](C)[C@H]1CC[C@H]2/C(=C/C=C3C[C@@H](O)C[C@H](O)C3)CCC[C@]12C)c1ccccc1. The molecule has 4 rings (SSSR count). The fourth-order valence-electron chi connectivity index (χ4n) is 7.13. The summed E-state index contributed by atoms with van der Waals surface area (Å²) in [5.41, 5.74) is 3.12. The molecule has 0 amide bonds. The molecule has 3 fully saturated rings. The van der Waals surface area contributed by atoms with E-state index in [-0.39, 0.29) is 0 Å². The molecule has 0 radical (unpaired) electrons. The third-order valence-corrected chi connectivity index (χ3v) is 11.0. The summed E-state index contributed by atoms with van der Waals surface area (Å²) >= 11 is 0. The van der Waals surface area contributed by atoms with E-state index < -0.39 is 21.6 Å². The summed E-state index contributed by atoms with van der Waals surface area (Å²) in [6.07, 6.45) is 13.1. The first kappa shape index (κ1) is 24.8. The van der Waals surface area contributed by atoms with Crippen molar-refractivity contribution in [3.8, 4) is 0 Å². The monoisotopic (exact) mass is 469 g/mol. The summed E-state index contributed by atoms with van der Waals surface area (Å²) in [6, 6.07) is 10.2. The largest absolute Gasteiger partial charge is 0.393 e. The highest BCUT2D eigenvalue weighted by Gasteiger charge is 2.50. The molecule has 3 saturated carbocycles. The molecule has 1 aromatic rings. The van der Waals surface area contributed by atoms with Crippen molar-refractivity contribution in [2.24, 2.45) is 23.2 Å². The molecule has 3 aliphatic carbocycles. The molecule has 1 unspecified atom stereocenters. The van der Waals surface area contributed by atoms with Gasteiger partial charge in [0.05, 0.1) is 12.2 Å². The van der Waals surface area contributed by atoms with E-state index in [0.29, 0.717) is 42.4 Å². The van der Waals surface area contributed by atoms with Crippen molar-refractivity contribution < 1.29 is 10.2 Å². The second-order valence-electron chi connectivity index (χ2n) is 11.3. The Kier molecular flexibility index (Phi) is 7.57. The van der Waals surface area contributed by atoms with Crippen LogP contribution in [-0.4, -0.2) is 34.0 Å². The average molecular weight is 470 g/mol. The van der Waals surface area contributed by atoms with E-state index in [9.17, 15) is 10.2 Å². The normalized spacial score (nSPS) is 36.2. The van der Waals surface area contributed by atoms with Gasteiger partial charge in [0.1, 0.15) is 0 Å². The quantitative estimate of drug-likeness (QED) is 0.422. The van der Waals surface area contributed by atoms with Crippen LogP contribution in [0.3, 0.4) is 0 Å². The number of allylic oxidation sites excluding steroid dienone is 3. The zero-order chi connectivity index (χ0) is 23.6. The lowest BCUT2D eigenvalue weighted by molar-refractivity contribution is 0.0609. The minimum Gasteiger partial charge on any atom is -0.393 e. The molecule has 0 bridgehead atoms. The van der Waals surface area contributed by atoms with Crippen molar-refractivity contribution in [3.63, 3.8) is 0 Å². The van der Waals surface area contributed by atoms with Gasteiger partial charge >= 0.3 is 0 Å². The first-order chi connectivity index (χ1) is 15.7. The smallest absolute Gasteiger partial charge is 0.0602 e. The molecule has 0 aromatic heterocycles. The molecule has 3 N–H and O–H groups in total. The van der Waals surface area contributed by atoms with Crippen LogP contribution in [0.1, 0.15) is 71.6 Å². The highest BCUT2D eigenvalue weighted by Crippen LogP contribution is 2.59. The minimum atomic E-state index is -1.73. The van der Waals surface area contributed by atoms with Crippen molar-refractivity contribution in [2.75, 3.05) is 5.75 Å². The number of rotatable bonds is 6. The lowest BCUT2D eigenvalue weighted by atomic mass is 9.61. The van der Waals surface area contributed by atoms with Gasteiger partial charge in [0.25, 0.3) is 0 Å². The molecule has 3 nitrogen and oxygen atoms in total. The number of fused-ring (bicyclic) bond motifs is 1. The van der Waals surface area contributed by atoms with Gasteiger partial charge in [0.15, 0.2) is 0 Å². The Labute approximate surface area is 201 Å². The van der Waals surface area contributed by atoms with E-state index in [4.69, 9.17) is 4.78 Å². The lowest BCUT2D eigenvalue weighted by Gasteiger charge is -2.44. The summed E-state index contributed by atoms with van der Waals surface area (Å²) in [5.74, 6) is 7.19. The summed E-state index contributed by atoms with van der Waals surface area (Å²) in [5, 5.41) is 20.0. The predicted molar refractivity (Wildman–Crippen MR) is 141 cm³/mol. The van der Waals surface area contributed by atoms with Crippen LogP contribution < -0.4 is 0 Å². The predicted octanol–water partition coefficient (Wildman–Crippen LogP) is 6.39. The van der Waals surface area contributed by atoms with Gasteiger partial charge in [0.2, 0.25) is 0 Å². The second-order valence-corrected chi connectivity index (χ2v) is 13.9. The van der Waals surface area contributed by atoms with E-state index in [2.05, 4.69) is 44.0 Å². The number of nitrogens with one attached hydrogen (secondary N) is 1. The molecular formula is C29H43NO2S. The van der Waals surface area contributed by atoms with Gasteiger partial charge in [-0.1, -0.05) is 61.2 Å². The van der Waals surface area contributed by atoms with Crippen molar-refractivity contribution in [2.45, 2.75) is 88.7 Å². The Morgan fingerprint density at radius 2 is 1.85 bits per heavy atom. The lowest BCUT2D eigenvalue weighted by Crippen LogP contribution is -2.36. The average Bonchev–Trinajstić information content (AvgIpc) is 3.13. The Morgan fingerprint density at radius 1 is 1.15 bits per heavy atom. The topological polar surface area (TPSA) is 64.3 Å². The van der Waals surface area contributed by atoms with Crippen molar-refractivity contribution >= 4 is 15.3 Å². The van der Waals surface area contributed by atoms with E-state index in [1.807, 2.05) is 18.2 Å². The Balaban J connectivity index is 1.44. The molecule has 4 heteroatoms. The highest BCUT2D eigenvalue weighted by atomic mass is 32.2. The number of aliphatic hydroxyl groups excluding tert-OH is 2. The van der Waals surface area contributed by atoms with Crippen molar-refractivity contribution in [1.29, 1.82) is 4.78 Å². The van der Waals surface area contributed by atoms with Gasteiger partial charge in [0, 0.05) is 10.6 Å². The van der Waals surface area contributed by atoms with Crippen LogP contribution in [0.4, 0.5) is 0 Å². The number of aliphatic hydroxyl groups is 2. The Bertz CT molecular complexity index is 968. The Morgan fingerprint density at radius 3 is 2.55 bits per heavy atom. The maximum absolute atomic E-state index is 10.0. The molecule has 1 aromatic carbocycles. The van der Waals surface area contributed by atoms with Crippen LogP contribution >= 0.6 is 0 Å². The maximum atomic E-state index is 10.0. The van der Waals surface area contributed by atoms with Crippen molar-refractivity contribution in [3.05, 3.63) is 53.6 Å². The van der Waals surface area contributed by atoms with E-state index in [1.54, 1.807) is 5.57 Å². The molecule has 182 valence electrons. The summed E-state index contributed by atoms with van der Waals surface area (Å²) in [6.45, 7) is 4.95. The molecule has 3 aliphatic rings. The zero-order valence-corrected chi connectivity index (χ0v) is 21.3. The van der Waals surface area contributed by atoms with Gasteiger partial charge in [-0.3, -0.25) is 4.78 Å². The van der Waals surface area contributed by atoms with E-state index in [0.717, 1.165) is 17.1 Å². The third kappa shape index (κ3) is 5.49. The van der Waals surface area contributed by atoms with Crippen LogP contribution in [0, 0.1) is 27.9 Å². The first-order valence-electron chi connectivity index (χ1n) is 12.9. The van der Waals surface area contributed by atoms with Gasteiger partial charge in [-0.05, 0) is 93.1 Å². The summed E-state index contributed by atoms with van der Waals surface area (Å²) < 4.78 is 8.90. The second kappa shape index (κ2) is 10.1. The fraction of sp³-hybridized carbons (Fsp3) is 0.621. The van der Waals surface area contributed by atoms with Gasteiger partial charge in [-0.25, -0.2) is 0 Å². The highest BCUT2D eigenvalue weighted by molar-refractivity contribution is 8.01. The number of benzene rings is 1. The molecule has 33 heavy (non-hydrogen) atoms. The van der Waals surface area contributed by atoms with Crippen LogP contribution in [0.5, 0.6) is 0 Å². The van der Waals surface area contributed by atoms with Gasteiger partial charge in [-0.15, -0.1) is 9.41 Å². The maximum Gasteiger partial charge on any atom is 0.0602 e. The van der Waals surface area contributed by atoms with Crippen LogP contribution in [0.25, 0.3) is 0 Å². The molecule has 0 saturated heterocycles. The number of hydrogen-bond acceptors (Lipinski definition) is 3. The summed E-state index contributed by atoms with van der Waals surface area (Å²) in [7, 11) is -1.73. The van der Waals surface area contributed by atoms with Crippen LogP contribution in [0.2, 0.25) is 0 Å². The van der Waals surface area contributed by atoms with Crippen LogP contribution in [-0.2, 0) is 9.41 Å². The Hall–Kier alpha value is -1.36. The molecule has 0 aliphatic heterocycles. The van der Waals surface area contributed by atoms with Crippen molar-refractivity contribution in [1.82, 2.24) is 0 Å². The van der Waals surface area contributed by atoms with Gasteiger partial charge in [-0.2, -0.15) is 0 Å². The van der Waals surface area contributed by atoms with E-state index in [1.165, 1.54) is 37.7 Å². The summed E-state index contributed by atoms with van der Waals surface area (Å²) in [4.78, 5) is 1.10. The molecular weight excluding hydrogens is 426 g/mol.